The third kappa shape index (κ3) is 2.84. The van der Waals surface area contributed by atoms with Gasteiger partial charge in [-0.15, -0.1) is 0 Å². The Kier molecular flexibility index (Phi) is 4.40. The molecular formula is C16H21N3O3. The van der Waals surface area contributed by atoms with Gasteiger partial charge in [0, 0.05) is 44.3 Å². The quantitative estimate of drug-likeness (QED) is 0.872. The van der Waals surface area contributed by atoms with E-state index in [1.54, 1.807) is 20.4 Å². The Balaban J connectivity index is 1.76. The monoisotopic (exact) mass is 303 g/mol. The van der Waals surface area contributed by atoms with Crippen molar-refractivity contribution in [2.24, 2.45) is 5.92 Å². The number of ether oxygens (including phenoxy) is 2. The van der Waals surface area contributed by atoms with E-state index in [4.69, 9.17) is 9.47 Å². The van der Waals surface area contributed by atoms with Gasteiger partial charge in [0.25, 0.3) is 5.56 Å². The summed E-state index contributed by atoms with van der Waals surface area (Å²) in [5.74, 6) is 0.416. The fourth-order valence-electron chi connectivity index (χ4n) is 3.18. The van der Waals surface area contributed by atoms with Gasteiger partial charge in [-0.25, -0.2) is 5.10 Å². The summed E-state index contributed by atoms with van der Waals surface area (Å²) in [6.07, 6.45) is 3.57. The Bertz CT molecular complexity index is 688. The molecule has 1 saturated heterocycles. The van der Waals surface area contributed by atoms with Crippen molar-refractivity contribution < 1.29 is 9.47 Å². The van der Waals surface area contributed by atoms with Crippen LogP contribution in [-0.4, -0.2) is 43.8 Å². The molecule has 22 heavy (non-hydrogen) atoms. The molecule has 2 heterocycles. The number of piperidine rings is 1. The second kappa shape index (κ2) is 6.46. The number of aromatic amines is 1. The SMILES string of the molecule is COC(OC)C1CCN(c2ccc3cn[nH]c(=O)c3c2)CC1. The summed E-state index contributed by atoms with van der Waals surface area (Å²) in [6.45, 7) is 1.87. The number of hydrogen-bond donors (Lipinski definition) is 1. The lowest BCUT2D eigenvalue weighted by atomic mass is 9.95. The zero-order chi connectivity index (χ0) is 15.5. The number of fused-ring (bicyclic) bond motifs is 1. The Morgan fingerprint density at radius 3 is 2.68 bits per heavy atom. The highest BCUT2D eigenvalue weighted by molar-refractivity contribution is 5.84. The van der Waals surface area contributed by atoms with Crippen LogP contribution in [0.5, 0.6) is 0 Å². The molecule has 0 atom stereocenters. The average Bonchev–Trinajstić information content (AvgIpc) is 2.57. The molecule has 1 fully saturated rings. The van der Waals surface area contributed by atoms with Crippen LogP contribution in [-0.2, 0) is 9.47 Å². The van der Waals surface area contributed by atoms with E-state index in [9.17, 15) is 4.79 Å². The molecule has 0 bridgehead atoms. The zero-order valence-corrected chi connectivity index (χ0v) is 12.9. The maximum Gasteiger partial charge on any atom is 0.272 e. The molecule has 0 saturated carbocycles. The van der Waals surface area contributed by atoms with Crippen molar-refractivity contribution in [2.75, 3.05) is 32.2 Å². The number of H-pyrrole nitrogens is 1. The van der Waals surface area contributed by atoms with E-state index < -0.39 is 0 Å². The minimum Gasteiger partial charge on any atom is -0.371 e. The summed E-state index contributed by atoms with van der Waals surface area (Å²) in [4.78, 5) is 14.2. The molecule has 0 aliphatic carbocycles. The van der Waals surface area contributed by atoms with Gasteiger partial charge in [0.2, 0.25) is 0 Å². The summed E-state index contributed by atoms with van der Waals surface area (Å²) in [7, 11) is 3.37. The number of rotatable bonds is 4. The largest absolute Gasteiger partial charge is 0.371 e. The normalized spacial score (nSPS) is 16.6. The van der Waals surface area contributed by atoms with E-state index in [2.05, 4.69) is 15.1 Å². The molecule has 0 unspecified atom stereocenters. The first-order valence-corrected chi connectivity index (χ1v) is 7.51. The molecule has 3 rings (SSSR count). The first kappa shape index (κ1) is 15.0. The third-order valence-corrected chi connectivity index (χ3v) is 4.41. The predicted molar refractivity (Wildman–Crippen MR) is 85.1 cm³/mol. The van der Waals surface area contributed by atoms with Gasteiger partial charge in [0.1, 0.15) is 0 Å². The molecule has 0 amide bonds. The van der Waals surface area contributed by atoms with Crippen LogP contribution in [0.25, 0.3) is 10.8 Å². The van der Waals surface area contributed by atoms with Crippen LogP contribution < -0.4 is 10.5 Å². The summed E-state index contributed by atoms with van der Waals surface area (Å²) in [5.41, 5.74) is 0.932. The molecule has 6 nitrogen and oxygen atoms in total. The van der Waals surface area contributed by atoms with Crippen molar-refractivity contribution in [1.29, 1.82) is 0 Å². The maximum atomic E-state index is 11.9. The van der Waals surface area contributed by atoms with E-state index in [-0.39, 0.29) is 11.8 Å². The lowest BCUT2D eigenvalue weighted by molar-refractivity contribution is -0.141. The van der Waals surface area contributed by atoms with Crippen LogP contribution in [0.15, 0.2) is 29.2 Å². The van der Waals surface area contributed by atoms with Gasteiger partial charge in [-0.1, -0.05) is 6.07 Å². The molecule has 1 aliphatic heterocycles. The maximum absolute atomic E-state index is 11.9. The van der Waals surface area contributed by atoms with Gasteiger partial charge in [0.05, 0.1) is 11.6 Å². The summed E-state index contributed by atoms with van der Waals surface area (Å²) < 4.78 is 10.7. The van der Waals surface area contributed by atoms with Crippen LogP contribution in [0.2, 0.25) is 0 Å². The van der Waals surface area contributed by atoms with Crippen LogP contribution in [0.1, 0.15) is 12.8 Å². The first-order chi connectivity index (χ1) is 10.7. The van der Waals surface area contributed by atoms with Crippen molar-refractivity contribution in [1.82, 2.24) is 10.2 Å². The van der Waals surface area contributed by atoms with Gasteiger partial charge in [-0.2, -0.15) is 5.10 Å². The van der Waals surface area contributed by atoms with E-state index in [0.717, 1.165) is 37.0 Å². The predicted octanol–water partition coefficient (Wildman–Crippen LogP) is 1.76. The molecule has 6 heteroatoms. The van der Waals surface area contributed by atoms with Gasteiger partial charge < -0.3 is 14.4 Å². The van der Waals surface area contributed by atoms with E-state index >= 15 is 0 Å². The fourth-order valence-corrected chi connectivity index (χ4v) is 3.18. The zero-order valence-electron chi connectivity index (χ0n) is 12.9. The van der Waals surface area contributed by atoms with Gasteiger partial charge in [0.15, 0.2) is 6.29 Å². The van der Waals surface area contributed by atoms with Crippen molar-refractivity contribution in [2.45, 2.75) is 19.1 Å². The highest BCUT2D eigenvalue weighted by atomic mass is 16.7. The lowest BCUT2D eigenvalue weighted by Gasteiger charge is -2.36. The average molecular weight is 303 g/mol. The second-order valence-electron chi connectivity index (χ2n) is 5.63. The van der Waals surface area contributed by atoms with Crippen LogP contribution in [0.3, 0.4) is 0 Å². The smallest absolute Gasteiger partial charge is 0.272 e. The third-order valence-electron chi connectivity index (χ3n) is 4.41. The van der Waals surface area contributed by atoms with Crippen LogP contribution in [0, 0.1) is 5.92 Å². The Morgan fingerprint density at radius 1 is 1.27 bits per heavy atom. The lowest BCUT2D eigenvalue weighted by Crippen LogP contribution is -2.39. The minimum absolute atomic E-state index is 0.132. The van der Waals surface area contributed by atoms with E-state index in [0.29, 0.717) is 11.3 Å². The topological polar surface area (TPSA) is 67.5 Å². The molecule has 1 aromatic heterocycles. The van der Waals surface area contributed by atoms with Gasteiger partial charge in [-0.05, 0) is 25.0 Å². The summed E-state index contributed by atoms with van der Waals surface area (Å²) in [5, 5.41) is 7.85. The Morgan fingerprint density at radius 2 is 2.00 bits per heavy atom. The molecule has 0 radical (unpaired) electrons. The molecule has 1 aliphatic rings. The molecule has 0 spiro atoms. The summed E-state index contributed by atoms with van der Waals surface area (Å²) in [6, 6.07) is 5.94. The van der Waals surface area contributed by atoms with Gasteiger partial charge >= 0.3 is 0 Å². The molecule has 118 valence electrons. The second-order valence-corrected chi connectivity index (χ2v) is 5.63. The minimum atomic E-state index is -0.145. The number of nitrogens with zero attached hydrogens (tertiary/aromatic N) is 2. The van der Waals surface area contributed by atoms with E-state index in [1.165, 1.54) is 0 Å². The summed E-state index contributed by atoms with van der Waals surface area (Å²) >= 11 is 0. The van der Waals surface area contributed by atoms with E-state index in [1.807, 2.05) is 18.2 Å². The van der Waals surface area contributed by atoms with Gasteiger partial charge in [-0.3, -0.25) is 4.79 Å². The molecular weight excluding hydrogens is 282 g/mol. The number of methoxy groups -OCH3 is 2. The van der Waals surface area contributed by atoms with Crippen LogP contribution >= 0.6 is 0 Å². The molecule has 1 N–H and O–H groups in total. The number of hydrogen-bond acceptors (Lipinski definition) is 5. The highest BCUT2D eigenvalue weighted by Crippen LogP contribution is 2.27. The van der Waals surface area contributed by atoms with Crippen LogP contribution in [0.4, 0.5) is 5.69 Å². The van der Waals surface area contributed by atoms with Crippen molar-refractivity contribution in [3.63, 3.8) is 0 Å². The molecule has 1 aromatic carbocycles. The number of benzene rings is 1. The van der Waals surface area contributed by atoms with Crippen molar-refractivity contribution in [3.05, 3.63) is 34.7 Å². The number of nitrogens with one attached hydrogen (secondary N) is 1. The Labute approximate surface area is 129 Å². The highest BCUT2D eigenvalue weighted by Gasteiger charge is 2.26. The standard InChI is InChI=1S/C16H21N3O3/c1-21-16(22-2)11-5-7-19(8-6-11)13-4-3-12-10-17-18-15(20)14(12)9-13/h3-4,9-11,16H,5-8H2,1-2H3,(H,18,20). The first-order valence-electron chi connectivity index (χ1n) is 7.51. The number of aromatic nitrogens is 2. The molecule has 2 aromatic rings. The number of anilines is 1. The van der Waals surface area contributed by atoms with Crippen molar-refractivity contribution >= 4 is 16.5 Å². The van der Waals surface area contributed by atoms with Crippen molar-refractivity contribution in [3.8, 4) is 0 Å². The fraction of sp³-hybridized carbons (Fsp3) is 0.500. The Hall–Kier alpha value is -1.92.